The molecule has 1 aromatic carbocycles. The summed E-state index contributed by atoms with van der Waals surface area (Å²) in [4.78, 5) is 22.8. The molecular formula is C15H11N3O2. The lowest BCUT2D eigenvalue weighted by Gasteiger charge is -2.01. The highest BCUT2D eigenvalue weighted by Gasteiger charge is 2.05. The number of aromatic nitrogens is 3. The van der Waals surface area contributed by atoms with Gasteiger partial charge in [0.1, 0.15) is 17.0 Å². The summed E-state index contributed by atoms with van der Waals surface area (Å²) in [6.45, 7) is 0. The van der Waals surface area contributed by atoms with E-state index < -0.39 is 0 Å². The molecule has 0 aliphatic carbocycles. The van der Waals surface area contributed by atoms with Crippen LogP contribution < -0.4 is 5.56 Å². The SMILES string of the molecule is O=c1[nH]c2ccncc2nc1/C=C(\O)c1ccccc1. The van der Waals surface area contributed by atoms with Crippen LogP contribution in [0.3, 0.4) is 0 Å². The molecule has 0 radical (unpaired) electrons. The molecule has 0 fully saturated rings. The third-order valence-corrected chi connectivity index (χ3v) is 2.86. The molecule has 0 spiro atoms. The lowest BCUT2D eigenvalue weighted by Crippen LogP contribution is -2.12. The summed E-state index contributed by atoms with van der Waals surface area (Å²) < 4.78 is 0. The van der Waals surface area contributed by atoms with Crippen molar-refractivity contribution in [3.8, 4) is 0 Å². The minimum absolute atomic E-state index is 0.00756. The average molecular weight is 265 g/mol. The Bertz CT molecular complexity index is 838. The van der Waals surface area contributed by atoms with E-state index in [0.717, 1.165) is 0 Å². The highest BCUT2D eigenvalue weighted by atomic mass is 16.3. The van der Waals surface area contributed by atoms with Crippen molar-refractivity contribution in [2.45, 2.75) is 0 Å². The molecule has 3 aromatic rings. The molecule has 0 bridgehead atoms. The van der Waals surface area contributed by atoms with Gasteiger partial charge in [0.2, 0.25) is 0 Å². The molecule has 0 aliphatic heterocycles. The van der Waals surface area contributed by atoms with E-state index in [1.807, 2.05) is 6.07 Å². The first kappa shape index (κ1) is 12.1. The number of pyridine rings is 1. The molecule has 5 nitrogen and oxygen atoms in total. The van der Waals surface area contributed by atoms with E-state index in [0.29, 0.717) is 16.6 Å². The van der Waals surface area contributed by atoms with Gasteiger partial charge in [-0.1, -0.05) is 30.3 Å². The topological polar surface area (TPSA) is 78.9 Å². The summed E-state index contributed by atoms with van der Waals surface area (Å²) >= 11 is 0. The minimum atomic E-state index is -0.355. The summed E-state index contributed by atoms with van der Waals surface area (Å²) in [5.74, 6) is -0.00756. The second-order valence-corrected chi connectivity index (χ2v) is 4.24. The zero-order valence-electron chi connectivity index (χ0n) is 10.4. The maximum atomic E-state index is 11.9. The Morgan fingerprint density at radius 2 is 2.00 bits per heavy atom. The summed E-state index contributed by atoms with van der Waals surface area (Å²) in [5, 5.41) is 10.0. The average Bonchev–Trinajstić information content (AvgIpc) is 2.49. The standard InChI is InChI=1S/C15H11N3O2/c19-14(10-4-2-1-3-5-10)8-12-15(20)18-11-6-7-16-9-13(11)17-12/h1-9,19H,(H,18,20)/b14-8-. The fraction of sp³-hybridized carbons (Fsp3) is 0. The number of nitrogens with zero attached hydrogens (tertiary/aromatic N) is 2. The number of H-pyrrole nitrogens is 1. The van der Waals surface area contributed by atoms with Crippen molar-refractivity contribution in [3.63, 3.8) is 0 Å². The first-order valence-electron chi connectivity index (χ1n) is 6.04. The van der Waals surface area contributed by atoms with Crippen LogP contribution in [0.5, 0.6) is 0 Å². The summed E-state index contributed by atoms with van der Waals surface area (Å²) in [7, 11) is 0. The molecule has 3 rings (SSSR count). The highest BCUT2D eigenvalue weighted by Crippen LogP contribution is 2.13. The van der Waals surface area contributed by atoms with E-state index in [-0.39, 0.29) is 17.0 Å². The molecule has 5 heteroatoms. The summed E-state index contributed by atoms with van der Waals surface area (Å²) in [6.07, 6.45) is 4.49. The number of aromatic amines is 1. The van der Waals surface area contributed by atoms with Crippen molar-refractivity contribution >= 4 is 22.9 Å². The number of benzene rings is 1. The predicted molar refractivity (Wildman–Crippen MR) is 77.1 cm³/mol. The molecule has 0 saturated heterocycles. The van der Waals surface area contributed by atoms with E-state index in [1.54, 1.807) is 42.7 Å². The lowest BCUT2D eigenvalue weighted by atomic mass is 10.1. The van der Waals surface area contributed by atoms with Crippen molar-refractivity contribution in [1.82, 2.24) is 15.0 Å². The van der Waals surface area contributed by atoms with Crippen LogP contribution in [0, 0.1) is 0 Å². The van der Waals surface area contributed by atoms with Crippen molar-refractivity contribution in [2.75, 3.05) is 0 Å². The number of nitrogens with one attached hydrogen (secondary N) is 1. The maximum absolute atomic E-state index is 11.9. The Balaban J connectivity index is 2.11. The smallest absolute Gasteiger partial charge is 0.274 e. The monoisotopic (exact) mass is 265 g/mol. The van der Waals surface area contributed by atoms with Crippen LogP contribution in [0.2, 0.25) is 0 Å². The van der Waals surface area contributed by atoms with Crippen LogP contribution >= 0.6 is 0 Å². The second kappa shape index (κ2) is 4.97. The highest BCUT2D eigenvalue weighted by molar-refractivity contribution is 5.78. The minimum Gasteiger partial charge on any atom is -0.507 e. The molecule has 0 amide bonds. The van der Waals surface area contributed by atoms with Crippen LogP contribution in [-0.4, -0.2) is 20.1 Å². The van der Waals surface area contributed by atoms with Crippen molar-refractivity contribution in [3.05, 3.63) is 70.4 Å². The molecule has 0 atom stereocenters. The summed E-state index contributed by atoms with van der Waals surface area (Å²) in [5.41, 5.74) is 1.60. The third-order valence-electron chi connectivity index (χ3n) is 2.86. The Hall–Kier alpha value is -2.95. The molecule has 2 heterocycles. The van der Waals surface area contributed by atoms with E-state index in [9.17, 15) is 9.90 Å². The van der Waals surface area contributed by atoms with Crippen LogP contribution in [-0.2, 0) is 0 Å². The van der Waals surface area contributed by atoms with Gasteiger partial charge in [-0.2, -0.15) is 0 Å². The van der Waals surface area contributed by atoms with Gasteiger partial charge in [0.05, 0.1) is 11.7 Å². The van der Waals surface area contributed by atoms with Crippen LogP contribution in [0.4, 0.5) is 0 Å². The molecule has 2 N–H and O–H groups in total. The zero-order chi connectivity index (χ0) is 13.9. The lowest BCUT2D eigenvalue weighted by molar-refractivity contribution is 0.515. The molecule has 0 aliphatic rings. The van der Waals surface area contributed by atoms with Crippen LogP contribution in [0.1, 0.15) is 11.3 Å². The number of aliphatic hydroxyl groups is 1. The van der Waals surface area contributed by atoms with Gasteiger partial charge in [0.15, 0.2) is 0 Å². The normalized spacial score (nSPS) is 11.7. The van der Waals surface area contributed by atoms with E-state index in [2.05, 4.69) is 15.0 Å². The molecule has 2 aromatic heterocycles. The van der Waals surface area contributed by atoms with E-state index >= 15 is 0 Å². The number of rotatable bonds is 2. The number of hydrogen-bond donors (Lipinski definition) is 2. The zero-order valence-corrected chi connectivity index (χ0v) is 10.4. The van der Waals surface area contributed by atoms with Gasteiger partial charge < -0.3 is 10.1 Å². The van der Waals surface area contributed by atoms with Gasteiger partial charge in [0.25, 0.3) is 5.56 Å². The van der Waals surface area contributed by atoms with Gasteiger partial charge in [0, 0.05) is 17.8 Å². The van der Waals surface area contributed by atoms with E-state index in [4.69, 9.17) is 0 Å². The Morgan fingerprint density at radius 3 is 2.80 bits per heavy atom. The van der Waals surface area contributed by atoms with Gasteiger partial charge in [-0.3, -0.25) is 9.78 Å². The maximum Gasteiger partial charge on any atom is 0.274 e. The Kier molecular flexibility index (Phi) is 3.01. The van der Waals surface area contributed by atoms with Gasteiger partial charge in [-0.15, -0.1) is 0 Å². The fourth-order valence-electron chi connectivity index (χ4n) is 1.87. The number of hydrogen-bond acceptors (Lipinski definition) is 4. The van der Waals surface area contributed by atoms with E-state index in [1.165, 1.54) is 6.08 Å². The molecule has 0 unspecified atom stereocenters. The van der Waals surface area contributed by atoms with Gasteiger partial charge in [-0.25, -0.2) is 4.98 Å². The number of fused-ring (bicyclic) bond motifs is 1. The Labute approximate surface area is 114 Å². The molecule has 98 valence electrons. The quantitative estimate of drug-likeness (QED) is 0.697. The van der Waals surface area contributed by atoms with Crippen LogP contribution in [0.25, 0.3) is 22.9 Å². The molecular weight excluding hydrogens is 254 g/mol. The van der Waals surface area contributed by atoms with Gasteiger partial charge in [-0.05, 0) is 6.07 Å². The van der Waals surface area contributed by atoms with Gasteiger partial charge >= 0.3 is 0 Å². The summed E-state index contributed by atoms with van der Waals surface area (Å²) in [6, 6.07) is 10.6. The van der Waals surface area contributed by atoms with Crippen molar-refractivity contribution in [1.29, 1.82) is 0 Å². The second-order valence-electron chi connectivity index (χ2n) is 4.24. The van der Waals surface area contributed by atoms with Crippen LogP contribution in [0.15, 0.2) is 53.6 Å². The first-order chi connectivity index (χ1) is 9.74. The largest absolute Gasteiger partial charge is 0.507 e. The molecule has 0 saturated carbocycles. The Morgan fingerprint density at radius 1 is 1.20 bits per heavy atom. The number of aliphatic hydroxyl groups excluding tert-OH is 1. The molecule has 20 heavy (non-hydrogen) atoms. The fourth-order valence-corrected chi connectivity index (χ4v) is 1.87. The first-order valence-corrected chi connectivity index (χ1v) is 6.04. The van der Waals surface area contributed by atoms with Crippen molar-refractivity contribution in [2.24, 2.45) is 0 Å². The van der Waals surface area contributed by atoms with Crippen molar-refractivity contribution < 1.29 is 5.11 Å². The predicted octanol–water partition coefficient (Wildman–Crippen LogP) is 2.37. The third kappa shape index (κ3) is 2.29.